The van der Waals surface area contributed by atoms with Gasteiger partial charge in [-0.2, -0.15) is 0 Å². The van der Waals surface area contributed by atoms with Crippen molar-refractivity contribution < 1.29 is 24.5 Å². The number of aromatic amines is 1. The van der Waals surface area contributed by atoms with Crippen molar-refractivity contribution in [3.05, 3.63) is 123 Å². The molecule has 0 saturated heterocycles. The standard InChI is InChI=1S/C53H61N3O5S2/c1-51(17-2-3-18-51)30-38-13-19-52-21-22-53(38,32-52)20-14-39(57)10-7-34-9-12-47(59)49(26-34)61-24-16-35-8-11-46(58)44(25-35)43-29-48(60)40-15-23-56-45(40)6-4-5-36-27-42(50(54)55)37(28-41(36)43)31-62-63-33-52/h8-9,11-12,14-15,20,23,25-28,38,43,50,56,58-59H,2-3,6-7,10,13,16-19,21-22,24,29-33,54-55H2,1H3/b20-14+/t38-,43-,52-,53-/m0/s1. The van der Waals surface area contributed by atoms with Crippen LogP contribution in [0.2, 0.25) is 0 Å². The number of H-pyrrole nitrogens is 1. The van der Waals surface area contributed by atoms with Crippen LogP contribution in [0, 0.1) is 34.0 Å². The predicted octanol–water partition coefficient (Wildman–Crippen LogP) is 10.8. The van der Waals surface area contributed by atoms with Crippen molar-refractivity contribution in [1.82, 2.24) is 4.98 Å². The highest BCUT2D eigenvalue weighted by atomic mass is 33.1. The van der Waals surface area contributed by atoms with Crippen molar-refractivity contribution in [3.8, 4) is 29.1 Å². The monoisotopic (exact) mass is 883 g/mol. The Kier molecular flexibility index (Phi) is 12.7. The maximum absolute atomic E-state index is 14.2. The summed E-state index contributed by atoms with van der Waals surface area (Å²) in [6.45, 7) is 2.77. The van der Waals surface area contributed by atoms with E-state index >= 15 is 0 Å². The fourth-order valence-corrected chi connectivity index (χ4v) is 14.6. The van der Waals surface area contributed by atoms with Crippen molar-refractivity contribution in [2.24, 2.45) is 33.6 Å². The van der Waals surface area contributed by atoms with Gasteiger partial charge in [0.1, 0.15) is 5.75 Å². The quantitative estimate of drug-likeness (QED) is 0.0769. The van der Waals surface area contributed by atoms with Gasteiger partial charge in [-0.1, -0.05) is 83.5 Å². The number of hydrogen-bond acceptors (Lipinski definition) is 9. The van der Waals surface area contributed by atoms with Crippen LogP contribution in [-0.2, 0) is 29.8 Å². The second-order valence-corrected chi connectivity index (χ2v) is 22.1. The van der Waals surface area contributed by atoms with E-state index in [2.05, 4.69) is 35.9 Å². The molecule has 8 bridgehead atoms. The van der Waals surface area contributed by atoms with Gasteiger partial charge in [0, 0.05) is 65.3 Å². The van der Waals surface area contributed by atoms with E-state index in [4.69, 9.17) is 16.2 Å². The van der Waals surface area contributed by atoms with Crippen molar-refractivity contribution in [1.29, 1.82) is 0 Å². The highest BCUT2D eigenvalue weighted by molar-refractivity contribution is 8.76. The molecule has 0 amide bonds. The zero-order valence-corrected chi connectivity index (χ0v) is 38.1. The molecule has 63 heavy (non-hydrogen) atoms. The molecule has 0 spiro atoms. The van der Waals surface area contributed by atoms with Crippen LogP contribution >= 0.6 is 21.6 Å². The number of rotatable bonds is 3. The van der Waals surface area contributed by atoms with Gasteiger partial charge < -0.3 is 31.4 Å². The molecule has 9 rings (SSSR count). The summed E-state index contributed by atoms with van der Waals surface area (Å²) in [5.74, 6) is 9.14. The van der Waals surface area contributed by atoms with Gasteiger partial charge in [-0.25, -0.2) is 0 Å². The third-order valence-electron chi connectivity index (χ3n) is 15.3. The maximum atomic E-state index is 14.2. The van der Waals surface area contributed by atoms with Gasteiger partial charge >= 0.3 is 0 Å². The zero-order chi connectivity index (χ0) is 43.8. The lowest BCUT2D eigenvalue weighted by molar-refractivity contribution is -0.114. The van der Waals surface area contributed by atoms with E-state index in [0.29, 0.717) is 59.6 Å². The van der Waals surface area contributed by atoms with E-state index in [9.17, 15) is 19.8 Å². The van der Waals surface area contributed by atoms with Gasteiger partial charge in [-0.15, -0.1) is 0 Å². The van der Waals surface area contributed by atoms with Crippen LogP contribution in [0.3, 0.4) is 0 Å². The molecule has 4 aliphatic carbocycles. The molecule has 0 unspecified atom stereocenters. The molecule has 2 heterocycles. The fraction of sp³-hybridized carbons (Fsp3) is 0.472. The smallest absolute Gasteiger partial charge is 0.165 e. The van der Waals surface area contributed by atoms with Crippen molar-refractivity contribution >= 4 is 33.2 Å². The second-order valence-electron chi connectivity index (χ2n) is 19.7. The Bertz CT molecular complexity index is 2470. The summed E-state index contributed by atoms with van der Waals surface area (Å²) in [6.07, 6.45) is 19.6. The van der Waals surface area contributed by atoms with Crippen LogP contribution in [0.4, 0.5) is 0 Å². The summed E-state index contributed by atoms with van der Waals surface area (Å²) < 4.78 is 6.19. The van der Waals surface area contributed by atoms with Crippen molar-refractivity contribution in [3.63, 3.8) is 0 Å². The lowest BCUT2D eigenvalue weighted by atomic mass is 9.59. The number of aryl methyl sites for hydroxylation is 1. The topological polar surface area (TPSA) is 152 Å². The average Bonchev–Trinajstić information content (AvgIpc) is 4.00. The largest absolute Gasteiger partial charge is 0.508 e. The number of ether oxygens (including phenoxy) is 1. The number of hydrogen-bond donors (Lipinski definition) is 5. The Hall–Kier alpha value is -4.40. The number of allylic oxidation sites excluding steroid dienone is 2. The summed E-state index contributed by atoms with van der Waals surface area (Å²) in [5, 5.41) is 22.4. The number of aromatic hydroxyl groups is 2. The summed E-state index contributed by atoms with van der Waals surface area (Å²) >= 11 is 0. The average molecular weight is 884 g/mol. The van der Waals surface area contributed by atoms with Crippen LogP contribution in [0.25, 0.3) is 0 Å². The first-order valence-electron chi connectivity index (χ1n) is 23.0. The molecule has 3 saturated carbocycles. The first-order valence-corrected chi connectivity index (χ1v) is 25.5. The molecule has 3 aromatic carbocycles. The second kappa shape index (κ2) is 18.2. The summed E-state index contributed by atoms with van der Waals surface area (Å²) in [7, 11) is 3.77. The van der Waals surface area contributed by atoms with E-state index in [0.717, 1.165) is 57.7 Å². The number of nitrogens with two attached hydrogens (primary N) is 2. The van der Waals surface area contributed by atoms with Gasteiger partial charge in [-0.05, 0) is 144 Å². The third kappa shape index (κ3) is 9.40. The minimum Gasteiger partial charge on any atom is -0.508 e. The van der Waals surface area contributed by atoms with Crippen LogP contribution in [0.1, 0.15) is 151 Å². The number of phenolic OH excluding ortho intramolecular Hbond substituents is 2. The number of ketones is 2. The van der Waals surface area contributed by atoms with Crippen LogP contribution in [0.15, 0.2) is 72.9 Å². The molecular formula is C53H61N3O5S2. The van der Waals surface area contributed by atoms with E-state index in [1.54, 1.807) is 18.3 Å². The number of Topliss-reactive ketones (excluding diaryl/α,β-unsaturated/α-hetero) is 1. The molecule has 3 fully saturated rings. The Labute approximate surface area is 380 Å². The molecule has 4 atom stereocenters. The summed E-state index contributed by atoms with van der Waals surface area (Å²) in [6, 6.07) is 16.8. The number of fused-ring (bicyclic) bond motifs is 7. The zero-order valence-electron chi connectivity index (χ0n) is 36.5. The Morgan fingerprint density at radius 2 is 1.71 bits per heavy atom. The predicted molar refractivity (Wildman–Crippen MR) is 254 cm³/mol. The number of carbonyl (C=O) groups excluding carboxylic acids is 2. The number of aromatic nitrogens is 1. The van der Waals surface area contributed by atoms with Crippen LogP contribution < -0.4 is 16.2 Å². The molecule has 4 aromatic rings. The molecule has 1 aliphatic heterocycles. The molecule has 330 valence electrons. The summed E-state index contributed by atoms with van der Waals surface area (Å²) in [4.78, 5) is 31.1. The number of carbonyl (C=O) groups is 2. The molecule has 7 N–H and O–H groups in total. The highest BCUT2D eigenvalue weighted by Gasteiger charge is 2.55. The first kappa shape index (κ1) is 43.8. The van der Waals surface area contributed by atoms with Gasteiger partial charge in [0.05, 0.1) is 19.2 Å². The van der Waals surface area contributed by atoms with Crippen LogP contribution in [-0.4, -0.2) is 39.1 Å². The van der Waals surface area contributed by atoms with Crippen molar-refractivity contribution in [2.75, 3.05) is 12.4 Å². The van der Waals surface area contributed by atoms with Crippen LogP contribution in [0.5, 0.6) is 17.2 Å². The Morgan fingerprint density at radius 1 is 0.905 bits per heavy atom. The van der Waals surface area contributed by atoms with Gasteiger partial charge in [0.2, 0.25) is 0 Å². The molecule has 5 aliphatic rings. The summed E-state index contributed by atoms with van der Waals surface area (Å²) in [5.41, 5.74) is 21.0. The molecule has 1 aromatic heterocycles. The van der Waals surface area contributed by atoms with Gasteiger partial charge in [0.15, 0.2) is 23.1 Å². The van der Waals surface area contributed by atoms with E-state index in [1.807, 2.05) is 64.1 Å². The number of benzene rings is 3. The molecule has 10 heteroatoms. The Morgan fingerprint density at radius 3 is 2.54 bits per heavy atom. The van der Waals surface area contributed by atoms with E-state index in [1.165, 1.54) is 51.4 Å². The lowest BCUT2D eigenvalue weighted by Crippen LogP contribution is -2.37. The third-order valence-corrected chi connectivity index (χ3v) is 17.9. The minimum absolute atomic E-state index is 0.0278. The first-order chi connectivity index (χ1) is 30.4. The van der Waals surface area contributed by atoms with Gasteiger partial charge in [0.25, 0.3) is 0 Å². The number of nitrogens with one attached hydrogen (secondary N) is 1. The number of phenols is 2. The van der Waals surface area contributed by atoms with Crippen molar-refractivity contribution in [2.45, 2.75) is 121 Å². The minimum atomic E-state index is -0.725. The highest BCUT2D eigenvalue weighted by Crippen LogP contribution is 2.65. The van der Waals surface area contributed by atoms with Gasteiger partial charge in [-0.3, -0.25) is 9.59 Å². The fourth-order valence-electron chi connectivity index (χ4n) is 11.8. The lowest BCUT2D eigenvalue weighted by Gasteiger charge is -2.46. The molecular weight excluding hydrogens is 823 g/mol. The Balaban J connectivity index is 1.08. The van der Waals surface area contributed by atoms with E-state index < -0.39 is 12.1 Å². The SMILES string of the molecule is CC1(C[C@@H]2CC[C@@]34CC[C@@]2(/C=C/C(=O)CCc2ccc(O)c(c2)OCCc2ccc(O)c(c2)[C@H]2CC(=O)c5cc[nH]c5CC#Cc5cc(C(N)N)c(cc52)CSSC3)C4)CCCC1. The molecule has 8 nitrogen and oxygen atoms in total. The maximum Gasteiger partial charge on any atom is 0.165 e. The van der Waals surface area contributed by atoms with E-state index in [-0.39, 0.29) is 46.9 Å². The molecule has 0 radical (unpaired) electrons. The normalized spacial score (nSPS) is 26.7.